The van der Waals surface area contributed by atoms with Gasteiger partial charge in [-0.2, -0.15) is 0 Å². The number of morpholine rings is 1. The van der Waals surface area contributed by atoms with Crippen LogP contribution in [0.1, 0.15) is 29.6 Å². The molecule has 1 aliphatic carbocycles. The first-order valence-corrected chi connectivity index (χ1v) is 6.90. The number of nitrogens with zero attached hydrogens (tertiary/aromatic N) is 1. The number of rotatable bonds is 2. The lowest BCUT2D eigenvalue weighted by Gasteiger charge is -2.38. The van der Waals surface area contributed by atoms with Gasteiger partial charge < -0.3 is 15.1 Å². The largest absolute Gasteiger partial charge is 0.374 e. The van der Waals surface area contributed by atoms with E-state index in [1.807, 2.05) is 0 Å². The minimum Gasteiger partial charge on any atom is -0.374 e. The number of nitrogen functional groups attached to an aromatic ring is 1. The lowest BCUT2D eigenvalue weighted by molar-refractivity contribution is -0.0445. The van der Waals surface area contributed by atoms with Gasteiger partial charge in [0.15, 0.2) is 0 Å². The summed E-state index contributed by atoms with van der Waals surface area (Å²) >= 11 is 0. The highest BCUT2D eigenvalue weighted by molar-refractivity contribution is 6.00. The Morgan fingerprint density at radius 2 is 2.30 bits per heavy atom. The fraction of sp³-hybridized carbons (Fsp3) is 0.500. The van der Waals surface area contributed by atoms with E-state index >= 15 is 0 Å². The molecular formula is C14H18FN3O2. The summed E-state index contributed by atoms with van der Waals surface area (Å²) in [5.41, 5.74) is 2.62. The molecule has 2 fully saturated rings. The van der Waals surface area contributed by atoms with Crippen LogP contribution < -0.4 is 11.3 Å². The predicted molar refractivity (Wildman–Crippen MR) is 72.6 cm³/mol. The summed E-state index contributed by atoms with van der Waals surface area (Å²) in [4.78, 5) is 14.5. The first kappa shape index (κ1) is 13.3. The summed E-state index contributed by atoms with van der Waals surface area (Å²) in [6, 6.07) is 4.50. The van der Waals surface area contributed by atoms with E-state index in [4.69, 9.17) is 10.6 Å². The Morgan fingerprint density at radius 1 is 1.45 bits per heavy atom. The second-order valence-corrected chi connectivity index (χ2v) is 5.21. The van der Waals surface area contributed by atoms with Crippen molar-refractivity contribution in [3.8, 4) is 0 Å². The number of anilines is 1. The van der Waals surface area contributed by atoms with Gasteiger partial charge in [-0.05, 0) is 31.4 Å². The first-order chi connectivity index (χ1) is 9.72. The van der Waals surface area contributed by atoms with Gasteiger partial charge in [0.1, 0.15) is 5.82 Å². The molecule has 0 aromatic heterocycles. The molecule has 1 heterocycles. The van der Waals surface area contributed by atoms with Crippen molar-refractivity contribution in [2.45, 2.75) is 31.4 Å². The molecule has 3 rings (SSSR count). The molecule has 1 aromatic rings. The zero-order valence-corrected chi connectivity index (χ0v) is 11.1. The van der Waals surface area contributed by atoms with Crippen molar-refractivity contribution in [3.63, 3.8) is 0 Å². The fourth-order valence-electron chi connectivity index (χ4n) is 3.18. The Hall–Kier alpha value is -1.66. The van der Waals surface area contributed by atoms with Crippen LogP contribution in [0.2, 0.25) is 0 Å². The van der Waals surface area contributed by atoms with Crippen molar-refractivity contribution in [1.82, 2.24) is 4.90 Å². The Morgan fingerprint density at radius 3 is 3.10 bits per heavy atom. The SMILES string of the molecule is NNc1c(F)cccc1C(=O)N1CCOC2CCCC21. The van der Waals surface area contributed by atoms with Crippen LogP contribution in [0.25, 0.3) is 0 Å². The lowest BCUT2D eigenvalue weighted by Crippen LogP contribution is -2.51. The van der Waals surface area contributed by atoms with Gasteiger partial charge in [0.05, 0.1) is 30.0 Å². The van der Waals surface area contributed by atoms with E-state index in [9.17, 15) is 9.18 Å². The van der Waals surface area contributed by atoms with Gasteiger partial charge in [-0.3, -0.25) is 10.6 Å². The molecule has 1 saturated carbocycles. The standard InChI is InChI=1S/C14H18FN3O2/c15-10-4-1-3-9(13(10)17-16)14(19)18-7-8-20-12-6-2-5-11(12)18/h1,3-4,11-12,17H,2,5-8,16H2. The van der Waals surface area contributed by atoms with Gasteiger partial charge in [-0.1, -0.05) is 6.07 Å². The van der Waals surface area contributed by atoms with Gasteiger partial charge in [-0.25, -0.2) is 4.39 Å². The average Bonchev–Trinajstić information content (AvgIpc) is 2.94. The third-order valence-corrected chi connectivity index (χ3v) is 4.13. The van der Waals surface area contributed by atoms with Crippen LogP contribution >= 0.6 is 0 Å². The van der Waals surface area contributed by atoms with E-state index in [1.165, 1.54) is 12.1 Å². The predicted octanol–water partition coefficient (Wildman–Crippen LogP) is 1.50. The average molecular weight is 279 g/mol. The van der Waals surface area contributed by atoms with Crippen molar-refractivity contribution in [2.75, 3.05) is 18.6 Å². The van der Waals surface area contributed by atoms with Crippen LogP contribution in [0, 0.1) is 5.82 Å². The molecule has 1 saturated heterocycles. The van der Waals surface area contributed by atoms with Crippen molar-refractivity contribution in [2.24, 2.45) is 5.84 Å². The highest BCUT2D eigenvalue weighted by Gasteiger charge is 2.39. The fourth-order valence-corrected chi connectivity index (χ4v) is 3.18. The Balaban J connectivity index is 1.90. The summed E-state index contributed by atoms with van der Waals surface area (Å²) in [7, 11) is 0. The monoisotopic (exact) mass is 279 g/mol. The van der Waals surface area contributed by atoms with Crippen molar-refractivity contribution in [3.05, 3.63) is 29.6 Å². The van der Waals surface area contributed by atoms with Crippen molar-refractivity contribution in [1.29, 1.82) is 0 Å². The Kier molecular flexibility index (Phi) is 3.58. The summed E-state index contributed by atoms with van der Waals surface area (Å²) in [6.07, 6.45) is 3.11. The molecule has 2 unspecified atom stereocenters. The normalized spacial score (nSPS) is 25.4. The maximum absolute atomic E-state index is 13.7. The van der Waals surface area contributed by atoms with E-state index < -0.39 is 5.82 Å². The number of benzene rings is 1. The number of hydrogen-bond donors (Lipinski definition) is 2. The van der Waals surface area contributed by atoms with Crippen LogP contribution in [-0.2, 0) is 4.74 Å². The highest BCUT2D eigenvalue weighted by atomic mass is 19.1. The summed E-state index contributed by atoms with van der Waals surface area (Å²) in [6.45, 7) is 1.08. The van der Waals surface area contributed by atoms with Gasteiger partial charge >= 0.3 is 0 Å². The van der Waals surface area contributed by atoms with E-state index in [-0.39, 0.29) is 29.3 Å². The summed E-state index contributed by atoms with van der Waals surface area (Å²) in [5, 5.41) is 0. The highest BCUT2D eigenvalue weighted by Crippen LogP contribution is 2.31. The number of ether oxygens (including phenoxy) is 1. The summed E-state index contributed by atoms with van der Waals surface area (Å²) in [5.74, 6) is 4.64. The number of carbonyl (C=O) groups is 1. The number of para-hydroxylation sites is 1. The van der Waals surface area contributed by atoms with Crippen LogP contribution in [0.15, 0.2) is 18.2 Å². The molecule has 2 atom stereocenters. The number of carbonyl (C=O) groups excluding carboxylic acids is 1. The number of halogens is 1. The van der Waals surface area contributed by atoms with E-state index in [0.29, 0.717) is 13.2 Å². The molecule has 20 heavy (non-hydrogen) atoms. The molecule has 108 valence electrons. The number of amides is 1. The second-order valence-electron chi connectivity index (χ2n) is 5.21. The summed E-state index contributed by atoms with van der Waals surface area (Å²) < 4.78 is 19.4. The number of fused-ring (bicyclic) bond motifs is 1. The number of nitrogens with two attached hydrogens (primary N) is 1. The number of hydrazine groups is 1. The maximum Gasteiger partial charge on any atom is 0.256 e. The second kappa shape index (κ2) is 5.38. The molecule has 2 aliphatic rings. The molecule has 0 spiro atoms. The van der Waals surface area contributed by atoms with Crippen LogP contribution in [0.3, 0.4) is 0 Å². The maximum atomic E-state index is 13.7. The molecule has 0 radical (unpaired) electrons. The minimum absolute atomic E-state index is 0.0542. The van der Waals surface area contributed by atoms with E-state index in [0.717, 1.165) is 19.3 Å². The van der Waals surface area contributed by atoms with Crippen LogP contribution in [0.5, 0.6) is 0 Å². The van der Waals surface area contributed by atoms with E-state index in [1.54, 1.807) is 11.0 Å². The zero-order chi connectivity index (χ0) is 14.1. The molecule has 1 aliphatic heterocycles. The zero-order valence-electron chi connectivity index (χ0n) is 11.1. The Labute approximate surface area is 116 Å². The Bertz CT molecular complexity index is 523. The minimum atomic E-state index is -0.519. The van der Waals surface area contributed by atoms with E-state index in [2.05, 4.69) is 5.43 Å². The van der Waals surface area contributed by atoms with Gasteiger partial charge in [-0.15, -0.1) is 0 Å². The molecule has 0 bridgehead atoms. The topological polar surface area (TPSA) is 67.6 Å². The molecule has 1 aromatic carbocycles. The van der Waals surface area contributed by atoms with Gasteiger partial charge in [0.25, 0.3) is 5.91 Å². The smallest absolute Gasteiger partial charge is 0.256 e. The third-order valence-electron chi connectivity index (χ3n) is 4.13. The van der Waals surface area contributed by atoms with Gasteiger partial charge in [0, 0.05) is 6.54 Å². The molecule has 1 amide bonds. The van der Waals surface area contributed by atoms with Crippen LogP contribution in [-0.4, -0.2) is 36.1 Å². The molecular weight excluding hydrogens is 261 g/mol. The molecule has 5 nitrogen and oxygen atoms in total. The first-order valence-electron chi connectivity index (χ1n) is 6.90. The van der Waals surface area contributed by atoms with Gasteiger partial charge in [0.2, 0.25) is 0 Å². The molecule has 3 N–H and O–H groups in total. The third kappa shape index (κ3) is 2.14. The van der Waals surface area contributed by atoms with Crippen molar-refractivity contribution < 1.29 is 13.9 Å². The van der Waals surface area contributed by atoms with Crippen molar-refractivity contribution >= 4 is 11.6 Å². The lowest BCUT2D eigenvalue weighted by atomic mass is 10.1. The number of hydrogen-bond acceptors (Lipinski definition) is 4. The molecule has 6 heteroatoms. The number of nitrogens with one attached hydrogen (secondary N) is 1. The van der Waals surface area contributed by atoms with Crippen LogP contribution in [0.4, 0.5) is 10.1 Å². The quantitative estimate of drug-likeness (QED) is 0.636.